The molecule has 6 heteroatoms. The molecule has 20 heavy (non-hydrogen) atoms. The second-order valence-electron chi connectivity index (χ2n) is 4.10. The quantitative estimate of drug-likeness (QED) is 0.603. The van der Waals surface area contributed by atoms with Crippen LogP contribution in [0.15, 0.2) is 35.0 Å². The van der Waals surface area contributed by atoms with E-state index >= 15 is 0 Å². The van der Waals surface area contributed by atoms with Crippen LogP contribution in [0.1, 0.15) is 30.3 Å². The van der Waals surface area contributed by atoms with Crippen molar-refractivity contribution in [2.24, 2.45) is 0 Å². The molecule has 0 aliphatic carbocycles. The lowest BCUT2D eigenvalue weighted by Gasteiger charge is -2.10. The van der Waals surface area contributed by atoms with Crippen LogP contribution in [0.5, 0.6) is 0 Å². The molecule has 1 aromatic heterocycles. The zero-order valence-corrected chi connectivity index (χ0v) is 11.4. The molecule has 1 aromatic rings. The number of amides is 1. The van der Waals surface area contributed by atoms with Crippen molar-refractivity contribution in [1.29, 1.82) is 0 Å². The first-order valence-electron chi connectivity index (χ1n) is 6.16. The molecule has 0 unspecified atom stereocenters. The Bertz CT molecular complexity index is 490. The summed E-state index contributed by atoms with van der Waals surface area (Å²) in [6.45, 7) is 1.60. The maximum absolute atomic E-state index is 11.8. The Morgan fingerprint density at radius 3 is 2.80 bits per heavy atom. The van der Waals surface area contributed by atoms with Crippen molar-refractivity contribution in [1.82, 2.24) is 5.32 Å². The minimum Gasteiger partial charge on any atom is -0.466 e. The zero-order chi connectivity index (χ0) is 15.0. The molecule has 0 radical (unpaired) electrons. The molecule has 108 valence electrons. The first-order chi connectivity index (χ1) is 9.54. The Morgan fingerprint density at radius 2 is 2.20 bits per heavy atom. The summed E-state index contributed by atoms with van der Waals surface area (Å²) < 4.78 is 9.35. The van der Waals surface area contributed by atoms with Gasteiger partial charge < -0.3 is 14.5 Å². The molecule has 6 nitrogen and oxygen atoms in total. The van der Waals surface area contributed by atoms with Gasteiger partial charge in [0.25, 0.3) is 5.91 Å². The van der Waals surface area contributed by atoms with E-state index in [4.69, 9.17) is 4.42 Å². The summed E-state index contributed by atoms with van der Waals surface area (Å²) >= 11 is 0. The molecular weight excluding hydrogens is 262 g/mol. The molecule has 1 rings (SSSR count). The van der Waals surface area contributed by atoms with Crippen LogP contribution in [0.2, 0.25) is 0 Å². The summed E-state index contributed by atoms with van der Waals surface area (Å²) in [7, 11) is 1.28. The highest BCUT2D eigenvalue weighted by Crippen LogP contribution is 2.02. The average molecular weight is 279 g/mol. The van der Waals surface area contributed by atoms with E-state index in [-0.39, 0.29) is 18.0 Å². The summed E-state index contributed by atoms with van der Waals surface area (Å²) in [5.74, 6) is -0.854. The summed E-state index contributed by atoms with van der Waals surface area (Å²) in [5.41, 5.74) is 0. The lowest BCUT2D eigenvalue weighted by atomic mass is 10.1. The second-order valence-corrected chi connectivity index (χ2v) is 4.10. The third-order valence-electron chi connectivity index (χ3n) is 2.59. The molecule has 1 atom stereocenters. The summed E-state index contributed by atoms with van der Waals surface area (Å²) in [4.78, 5) is 34.2. The van der Waals surface area contributed by atoms with Gasteiger partial charge in [-0.25, -0.2) is 4.79 Å². The number of ether oxygens (including phenoxy) is 1. The summed E-state index contributed by atoms with van der Waals surface area (Å²) in [6, 6.07) is 2.50. The van der Waals surface area contributed by atoms with E-state index in [1.54, 1.807) is 19.1 Å². The van der Waals surface area contributed by atoms with Crippen LogP contribution in [0.25, 0.3) is 0 Å². The van der Waals surface area contributed by atoms with Crippen molar-refractivity contribution in [3.8, 4) is 0 Å². The van der Waals surface area contributed by atoms with Crippen LogP contribution in [0, 0.1) is 0 Å². The number of nitrogens with one attached hydrogen (secondary N) is 1. The van der Waals surface area contributed by atoms with Crippen LogP contribution in [-0.4, -0.2) is 30.8 Å². The number of esters is 1. The standard InChI is InChI=1S/C14H17NO5/c1-10(15-14(18)12-7-5-9-20-12)11(16)6-3-4-8-13(17)19-2/h4-5,7-10H,3,6H2,1-2H3,(H,15,18)/b8-4+/t10-/m0/s1. The number of carbonyl (C=O) groups is 3. The van der Waals surface area contributed by atoms with E-state index < -0.39 is 17.9 Å². The molecule has 1 heterocycles. The van der Waals surface area contributed by atoms with Gasteiger partial charge >= 0.3 is 5.97 Å². The van der Waals surface area contributed by atoms with Crippen molar-refractivity contribution in [2.75, 3.05) is 7.11 Å². The van der Waals surface area contributed by atoms with Crippen molar-refractivity contribution >= 4 is 17.7 Å². The maximum atomic E-state index is 11.8. The molecule has 0 bridgehead atoms. The number of Topliss-reactive ketones (excluding diaryl/α,β-unsaturated/α-hetero) is 1. The highest BCUT2D eigenvalue weighted by Gasteiger charge is 2.17. The van der Waals surface area contributed by atoms with Gasteiger partial charge in [-0.3, -0.25) is 9.59 Å². The van der Waals surface area contributed by atoms with Crippen molar-refractivity contribution in [3.05, 3.63) is 36.3 Å². The molecular formula is C14H17NO5. The fraction of sp³-hybridized carbons (Fsp3) is 0.357. The minimum atomic E-state index is -0.612. The molecule has 0 saturated heterocycles. The number of rotatable bonds is 7. The number of hydrogen-bond acceptors (Lipinski definition) is 5. The van der Waals surface area contributed by atoms with Gasteiger partial charge in [0.05, 0.1) is 19.4 Å². The number of allylic oxidation sites excluding steroid dienone is 1. The Labute approximate surface area is 116 Å². The largest absolute Gasteiger partial charge is 0.466 e. The molecule has 0 aliphatic heterocycles. The smallest absolute Gasteiger partial charge is 0.330 e. The van der Waals surface area contributed by atoms with E-state index in [9.17, 15) is 14.4 Å². The van der Waals surface area contributed by atoms with E-state index in [1.807, 2.05) is 0 Å². The monoisotopic (exact) mass is 279 g/mol. The number of hydrogen-bond donors (Lipinski definition) is 1. The molecule has 0 aliphatic rings. The van der Waals surface area contributed by atoms with Crippen LogP contribution in [0.4, 0.5) is 0 Å². The summed E-state index contributed by atoms with van der Waals surface area (Å²) in [6.07, 6.45) is 4.85. The Kier molecular flexibility index (Phi) is 6.22. The third kappa shape index (κ3) is 5.09. The third-order valence-corrected chi connectivity index (χ3v) is 2.59. The fourth-order valence-electron chi connectivity index (χ4n) is 1.45. The average Bonchev–Trinajstić information content (AvgIpc) is 2.96. The second kappa shape index (κ2) is 7.93. The van der Waals surface area contributed by atoms with E-state index in [0.717, 1.165) is 0 Å². The van der Waals surface area contributed by atoms with Crippen LogP contribution in [0.3, 0.4) is 0 Å². The number of ketones is 1. The van der Waals surface area contributed by atoms with Crippen LogP contribution >= 0.6 is 0 Å². The normalized spacial score (nSPS) is 12.1. The number of carbonyl (C=O) groups excluding carboxylic acids is 3. The van der Waals surface area contributed by atoms with Gasteiger partial charge in [0, 0.05) is 12.5 Å². The predicted octanol–water partition coefficient (Wildman–Crippen LogP) is 1.48. The van der Waals surface area contributed by atoms with Gasteiger partial charge in [-0.2, -0.15) is 0 Å². The SMILES string of the molecule is COC(=O)/C=C/CCC(=O)[C@H](C)NC(=O)c1ccco1. The minimum absolute atomic E-state index is 0.126. The molecule has 0 fully saturated rings. The van der Waals surface area contributed by atoms with Crippen LogP contribution < -0.4 is 5.32 Å². The lowest BCUT2D eigenvalue weighted by molar-refractivity contribution is -0.134. The number of furan rings is 1. The van der Waals surface area contributed by atoms with E-state index in [0.29, 0.717) is 6.42 Å². The van der Waals surface area contributed by atoms with Crippen molar-refractivity contribution in [3.63, 3.8) is 0 Å². The topological polar surface area (TPSA) is 85.6 Å². The van der Waals surface area contributed by atoms with Gasteiger partial charge in [-0.1, -0.05) is 6.08 Å². The van der Waals surface area contributed by atoms with Crippen molar-refractivity contribution in [2.45, 2.75) is 25.8 Å². The predicted molar refractivity (Wildman–Crippen MR) is 71.0 cm³/mol. The van der Waals surface area contributed by atoms with Gasteiger partial charge in [-0.15, -0.1) is 0 Å². The molecule has 1 N–H and O–H groups in total. The van der Waals surface area contributed by atoms with Gasteiger partial charge in [0.1, 0.15) is 0 Å². The molecule has 1 amide bonds. The van der Waals surface area contributed by atoms with E-state index in [2.05, 4.69) is 10.1 Å². The highest BCUT2D eigenvalue weighted by molar-refractivity contribution is 5.95. The number of methoxy groups -OCH3 is 1. The van der Waals surface area contributed by atoms with Gasteiger partial charge in [0.2, 0.25) is 0 Å². The Balaban J connectivity index is 2.34. The van der Waals surface area contributed by atoms with Gasteiger partial charge in [-0.05, 0) is 25.5 Å². The highest BCUT2D eigenvalue weighted by atomic mass is 16.5. The van der Waals surface area contributed by atoms with Crippen molar-refractivity contribution < 1.29 is 23.5 Å². The molecule has 0 aromatic carbocycles. The fourth-order valence-corrected chi connectivity index (χ4v) is 1.45. The Morgan fingerprint density at radius 1 is 1.45 bits per heavy atom. The molecule has 0 spiro atoms. The zero-order valence-electron chi connectivity index (χ0n) is 11.4. The Hall–Kier alpha value is -2.37. The molecule has 0 saturated carbocycles. The summed E-state index contributed by atoms with van der Waals surface area (Å²) in [5, 5.41) is 2.54. The van der Waals surface area contributed by atoms with Crippen LogP contribution in [-0.2, 0) is 14.3 Å². The first kappa shape index (κ1) is 15.7. The maximum Gasteiger partial charge on any atom is 0.330 e. The van der Waals surface area contributed by atoms with E-state index in [1.165, 1.54) is 25.5 Å². The first-order valence-corrected chi connectivity index (χ1v) is 6.16. The lowest BCUT2D eigenvalue weighted by Crippen LogP contribution is -2.38. The van der Waals surface area contributed by atoms with Gasteiger partial charge in [0.15, 0.2) is 11.5 Å².